The molecule has 36 heavy (non-hydrogen) atoms. The summed E-state index contributed by atoms with van der Waals surface area (Å²) in [5.41, 5.74) is 4.38. The molecule has 1 N–H and O–H groups in total. The highest BCUT2D eigenvalue weighted by molar-refractivity contribution is 5.74. The molecule has 0 bridgehead atoms. The number of carbonyl (C=O) groups is 1. The smallest absolute Gasteiger partial charge is 0.341 e. The average Bonchev–Trinajstić information content (AvgIpc) is 3.26. The van der Waals surface area contributed by atoms with Gasteiger partial charge in [-0.05, 0) is 47.4 Å². The van der Waals surface area contributed by atoms with Crippen LogP contribution in [-0.2, 0) is 16.8 Å². The Morgan fingerprint density at radius 2 is 1.78 bits per heavy atom. The van der Waals surface area contributed by atoms with Crippen LogP contribution in [0.1, 0.15) is 31.9 Å². The van der Waals surface area contributed by atoms with E-state index in [2.05, 4.69) is 20.8 Å². The number of aromatic nitrogens is 2. The quantitative estimate of drug-likeness (QED) is 0.321. The number of ether oxygens (including phenoxy) is 2. The molecule has 0 fully saturated rings. The van der Waals surface area contributed by atoms with Crippen LogP contribution >= 0.6 is 0 Å². The topological polar surface area (TPSA) is 73.6 Å². The van der Waals surface area contributed by atoms with E-state index in [-0.39, 0.29) is 11.2 Å². The molecule has 0 aliphatic rings. The molecule has 0 aliphatic heterocycles. The minimum absolute atomic E-state index is 0.157. The predicted molar refractivity (Wildman–Crippen MR) is 137 cm³/mol. The van der Waals surface area contributed by atoms with Gasteiger partial charge in [0.05, 0.1) is 25.0 Å². The first-order valence-corrected chi connectivity index (χ1v) is 11.6. The van der Waals surface area contributed by atoms with Crippen molar-refractivity contribution in [2.75, 3.05) is 13.7 Å². The summed E-state index contributed by atoms with van der Waals surface area (Å²) in [6, 6.07) is 21.6. The van der Waals surface area contributed by atoms with Gasteiger partial charge >= 0.3 is 5.97 Å². The van der Waals surface area contributed by atoms with Crippen LogP contribution in [0.5, 0.6) is 11.5 Å². The molecule has 0 saturated heterocycles. The first-order valence-electron chi connectivity index (χ1n) is 11.6. The summed E-state index contributed by atoms with van der Waals surface area (Å²) in [5, 5.41) is 14.1. The Morgan fingerprint density at radius 3 is 2.47 bits per heavy atom. The Balaban J connectivity index is 1.86. The van der Waals surface area contributed by atoms with E-state index in [1.165, 1.54) is 12.1 Å². The molecule has 0 unspecified atom stereocenters. The lowest BCUT2D eigenvalue weighted by molar-refractivity contribution is -0.139. The number of carboxylic acids is 1. The van der Waals surface area contributed by atoms with Gasteiger partial charge in [0, 0.05) is 16.7 Å². The number of hydrogen-bond donors (Lipinski definition) is 1. The Morgan fingerprint density at radius 1 is 1.00 bits per heavy atom. The Hall–Kier alpha value is -4.13. The maximum Gasteiger partial charge on any atom is 0.341 e. The van der Waals surface area contributed by atoms with Gasteiger partial charge in [-0.25, -0.2) is 9.18 Å². The number of nitrogens with zero attached hydrogens (tertiary/aromatic N) is 2. The fourth-order valence-electron chi connectivity index (χ4n) is 4.00. The summed E-state index contributed by atoms with van der Waals surface area (Å²) < 4.78 is 27.1. The molecule has 186 valence electrons. The summed E-state index contributed by atoms with van der Waals surface area (Å²) >= 11 is 0. The van der Waals surface area contributed by atoms with Crippen LogP contribution in [0.25, 0.3) is 22.5 Å². The van der Waals surface area contributed by atoms with Crippen LogP contribution in [0.2, 0.25) is 0 Å². The molecule has 0 spiro atoms. The molecular formula is C29H29FN2O4. The third-order valence-corrected chi connectivity index (χ3v) is 5.89. The molecule has 0 saturated carbocycles. The standard InChI is InChI=1S/C29H29FN2O4/c1-29(2,3)21-12-13-23(27(15-21)36-18-28(33)34)24-16-25(19-9-7-10-22(30)14-19)32(31-24)17-20-8-5-6-11-26(20)35-4/h5-16H,17-18H2,1-4H3,(H,33,34). The molecule has 6 nitrogen and oxygen atoms in total. The van der Waals surface area contributed by atoms with Crippen LogP contribution in [0, 0.1) is 5.82 Å². The number of aliphatic carboxylic acids is 1. The second-order valence-corrected chi connectivity index (χ2v) is 9.54. The first-order chi connectivity index (χ1) is 17.2. The maximum atomic E-state index is 14.1. The van der Waals surface area contributed by atoms with Crippen LogP contribution in [0.4, 0.5) is 4.39 Å². The maximum absolute atomic E-state index is 14.1. The van der Waals surface area contributed by atoms with Crippen molar-refractivity contribution in [3.8, 4) is 34.0 Å². The number of rotatable bonds is 8. The molecule has 0 atom stereocenters. The summed E-state index contributed by atoms with van der Waals surface area (Å²) in [6.45, 7) is 6.15. The van der Waals surface area contributed by atoms with E-state index in [1.807, 2.05) is 54.6 Å². The molecule has 4 rings (SSSR count). The number of para-hydroxylation sites is 1. The zero-order valence-electron chi connectivity index (χ0n) is 20.8. The predicted octanol–water partition coefficient (Wildman–Crippen LogP) is 6.17. The van der Waals surface area contributed by atoms with Crippen molar-refractivity contribution in [2.45, 2.75) is 32.7 Å². The number of benzene rings is 3. The fraction of sp³-hybridized carbons (Fsp3) is 0.241. The zero-order chi connectivity index (χ0) is 25.9. The van der Waals surface area contributed by atoms with E-state index in [4.69, 9.17) is 14.6 Å². The average molecular weight is 489 g/mol. The van der Waals surface area contributed by atoms with Gasteiger partial charge in [0.15, 0.2) is 6.61 Å². The highest BCUT2D eigenvalue weighted by atomic mass is 19.1. The van der Waals surface area contributed by atoms with Crippen LogP contribution in [-0.4, -0.2) is 34.6 Å². The molecule has 4 aromatic rings. The largest absolute Gasteiger partial charge is 0.496 e. The SMILES string of the molecule is COc1ccccc1Cn1nc(-c2ccc(C(C)(C)C)cc2OCC(=O)O)cc1-c1cccc(F)c1. The molecule has 0 radical (unpaired) electrons. The lowest BCUT2D eigenvalue weighted by Gasteiger charge is -2.21. The van der Waals surface area contributed by atoms with Crippen molar-refractivity contribution >= 4 is 5.97 Å². The van der Waals surface area contributed by atoms with Gasteiger partial charge in [0.2, 0.25) is 0 Å². The number of methoxy groups -OCH3 is 1. The van der Waals surface area contributed by atoms with Gasteiger partial charge in [0.1, 0.15) is 17.3 Å². The zero-order valence-corrected chi connectivity index (χ0v) is 20.8. The van der Waals surface area contributed by atoms with Crippen molar-refractivity contribution < 1.29 is 23.8 Å². The van der Waals surface area contributed by atoms with E-state index < -0.39 is 12.6 Å². The van der Waals surface area contributed by atoms with Gasteiger partial charge in [-0.3, -0.25) is 4.68 Å². The highest BCUT2D eigenvalue weighted by Crippen LogP contribution is 2.36. The molecule has 1 heterocycles. The first kappa shape index (κ1) is 25.0. The highest BCUT2D eigenvalue weighted by Gasteiger charge is 2.21. The Kier molecular flexibility index (Phi) is 7.10. The third-order valence-electron chi connectivity index (χ3n) is 5.89. The molecule has 3 aromatic carbocycles. The van der Waals surface area contributed by atoms with Gasteiger partial charge in [0.25, 0.3) is 0 Å². The lowest BCUT2D eigenvalue weighted by Crippen LogP contribution is -2.13. The summed E-state index contributed by atoms with van der Waals surface area (Å²) in [5.74, 6) is -0.263. The second-order valence-electron chi connectivity index (χ2n) is 9.54. The van der Waals surface area contributed by atoms with E-state index in [0.29, 0.717) is 34.8 Å². The van der Waals surface area contributed by atoms with Crippen molar-refractivity contribution in [2.24, 2.45) is 0 Å². The molecule has 7 heteroatoms. The molecule has 1 aromatic heterocycles. The van der Waals surface area contributed by atoms with Crippen LogP contribution < -0.4 is 9.47 Å². The number of hydrogen-bond acceptors (Lipinski definition) is 4. The molecule has 0 amide bonds. The minimum Gasteiger partial charge on any atom is -0.496 e. The third kappa shape index (κ3) is 5.57. The summed E-state index contributed by atoms with van der Waals surface area (Å²) in [4.78, 5) is 11.2. The fourth-order valence-corrected chi connectivity index (χ4v) is 4.00. The van der Waals surface area contributed by atoms with Crippen molar-refractivity contribution in [1.82, 2.24) is 9.78 Å². The van der Waals surface area contributed by atoms with E-state index in [1.54, 1.807) is 17.9 Å². The van der Waals surface area contributed by atoms with Gasteiger partial charge < -0.3 is 14.6 Å². The lowest BCUT2D eigenvalue weighted by atomic mass is 9.86. The van der Waals surface area contributed by atoms with E-state index in [9.17, 15) is 14.3 Å². The summed E-state index contributed by atoms with van der Waals surface area (Å²) in [6.07, 6.45) is 0. The van der Waals surface area contributed by atoms with Crippen LogP contribution in [0.15, 0.2) is 72.8 Å². The van der Waals surface area contributed by atoms with Crippen molar-refractivity contribution in [3.05, 3.63) is 89.7 Å². The number of halogens is 1. The number of carboxylic acid groups (broad SMARTS) is 1. The van der Waals surface area contributed by atoms with Crippen molar-refractivity contribution in [3.63, 3.8) is 0 Å². The summed E-state index contributed by atoms with van der Waals surface area (Å²) in [7, 11) is 1.61. The van der Waals surface area contributed by atoms with Gasteiger partial charge in [-0.1, -0.05) is 57.2 Å². The Bertz CT molecular complexity index is 1390. The Labute approximate surface area is 209 Å². The normalized spacial score (nSPS) is 11.4. The van der Waals surface area contributed by atoms with E-state index >= 15 is 0 Å². The van der Waals surface area contributed by atoms with Gasteiger partial charge in [-0.15, -0.1) is 0 Å². The van der Waals surface area contributed by atoms with Crippen LogP contribution in [0.3, 0.4) is 0 Å². The molecular weight excluding hydrogens is 459 g/mol. The van der Waals surface area contributed by atoms with E-state index in [0.717, 1.165) is 16.9 Å². The van der Waals surface area contributed by atoms with Gasteiger partial charge in [-0.2, -0.15) is 5.10 Å². The van der Waals surface area contributed by atoms with Crippen molar-refractivity contribution in [1.29, 1.82) is 0 Å². The minimum atomic E-state index is -1.07. The molecule has 0 aliphatic carbocycles. The monoisotopic (exact) mass is 488 g/mol. The second kappa shape index (κ2) is 10.2.